The summed E-state index contributed by atoms with van der Waals surface area (Å²) in [5.41, 5.74) is 1.92. The lowest BCUT2D eigenvalue weighted by Gasteiger charge is -2.19. The molecule has 1 atom stereocenters. The molecule has 2 amide bonds. The number of non-ortho nitro benzene ring substituents is 1. The zero-order valence-electron chi connectivity index (χ0n) is 15.3. The Kier molecular flexibility index (Phi) is 5.64. The molecule has 1 heterocycles. The van der Waals surface area contributed by atoms with Gasteiger partial charge in [-0.25, -0.2) is 0 Å². The normalized spacial score (nSPS) is 16.2. The van der Waals surface area contributed by atoms with Gasteiger partial charge in [0.25, 0.3) is 5.69 Å². The summed E-state index contributed by atoms with van der Waals surface area (Å²) in [4.78, 5) is 36.9. The van der Waals surface area contributed by atoms with Gasteiger partial charge in [-0.1, -0.05) is 15.9 Å². The largest absolute Gasteiger partial charge is 0.494 e. The number of anilines is 2. The maximum atomic E-state index is 12.6. The molecule has 28 heavy (non-hydrogen) atoms. The van der Waals surface area contributed by atoms with Crippen molar-refractivity contribution in [3.8, 4) is 5.75 Å². The number of nitrogens with one attached hydrogen (secondary N) is 1. The average Bonchev–Trinajstić information content (AvgIpc) is 3.05. The zero-order valence-corrected chi connectivity index (χ0v) is 16.9. The van der Waals surface area contributed by atoms with Gasteiger partial charge in [-0.15, -0.1) is 0 Å². The summed E-state index contributed by atoms with van der Waals surface area (Å²) < 4.78 is 6.15. The third-order valence-electron chi connectivity index (χ3n) is 4.59. The summed E-state index contributed by atoms with van der Waals surface area (Å²) in [5, 5.41) is 13.8. The number of rotatable bonds is 5. The van der Waals surface area contributed by atoms with Crippen molar-refractivity contribution >= 4 is 44.8 Å². The van der Waals surface area contributed by atoms with Crippen molar-refractivity contribution in [2.75, 3.05) is 23.9 Å². The van der Waals surface area contributed by atoms with Gasteiger partial charge in [0.15, 0.2) is 0 Å². The second kappa shape index (κ2) is 7.97. The van der Waals surface area contributed by atoms with Crippen LogP contribution in [-0.4, -0.2) is 30.4 Å². The van der Waals surface area contributed by atoms with Crippen LogP contribution in [0, 0.1) is 23.0 Å². The Morgan fingerprint density at radius 1 is 1.32 bits per heavy atom. The van der Waals surface area contributed by atoms with Crippen molar-refractivity contribution in [2.24, 2.45) is 5.92 Å². The molecule has 1 aliphatic rings. The molecule has 1 saturated heterocycles. The highest BCUT2D eigenvalue weighted by Gasteiger charge is 2.36. The highest BCUT2D eigenvalue weighted by atomic mass is 79.9. The maximum Gasteiger partial charge on any atom is 0.273 e. The second-order valence-electron chi connectivity index (χ2n) is 6.47. The lowest BCUT2D eigenvalue weighted by atomic mass is 10.1. The lowest BCUT2D eigenvalue weighted by Crippen LogP contribution is -2.28. The highest BCUT2D eigenvalue weighted by molar-refractivity contribution is 9.10. The van der Waals surface area contributed by atoms with E-state index in [1.165, 1.54) is 30.2 Å². The number of methoxy groups -OCH3 is 1. The number of hydrogen-bond acceptors (Lipinski definition) is 5. The van der Waals surface area contributed by atoms with Crippen LogP contribution in [0.1, 0.15) is 12.0 Å². The van der Waals surface area contributed by atoms with Crippen molar-refractivity contribution in [1.29, 1.82) is 0 Å². The molecule has 2 aromatic carbocycles. The van der Waals surface area contributed by atoms with Crippen LogP contribution in [0.3, 0.4) is 0 Å². The highest BCUT2D eigenvalue weighted by Crippen LogP contribution is 2.36. The van der Waals surface area contributed by atoms with Crippen LogP contribution in [0.2, 0.25) is 0 Å². The van der Waals surface area contributed by atoms with Crippen molar-refractivity contribution in [3.63, 3.8) is 0 Å². The van der Waals surface area contributed by atoms with Gasteiger partial charge in [0.1, 0.15) is 5.75 Å². The Balaban J connectivity index is 1.77. The van der Waals surface area contributed by atoms with E-state index in [1.54, 1.807) is 6.07 Å². The Morgan fingerprint density at radius 2 is 2.07 bits per heavy atom. The van der Waals surface area contributed by atoms with Crippen molar-refractivity contribution in [2.45, 2.75) is 13.3 Å². The summed E-state index contributed by atoms with van der Waals surface area (Å²) >= 11 is 3.41. The Labute approximate surface area is 169 Å². The summed E-state index contributed by atoms with van der Waals surface area (Å²) in [6.45, 7) is 2.09. The number of nitro benzene ring substituents is 1. The first-order valence-electron chi connectivity index (χ1n) is 8.50. The molecule has 0 bridgehead atoms. The summed E-state index contributed by atoms with van der Waals surface area (Å²) in [6, 6.07) is 9.51. The maximum absolute atomic E-state index is 12.6. The molecule has 1 aliphatic heterocycles. The topological polar surface area (TPSA) is 102 Å². The number of halogens is 1. The van der Waals surface area contributed by atoms with Gasteiger partial charge in [-0.2, -0.15) is 0 Å². The second-order valence-corrected chi connectivity index (χ2v) is 7.33. The number of nitrogens with zero attached hydrogens (tertiary/aromatic N) is 2. The zero-order chi connectivity index (χ0) is 20.4. The fourth-order valence-electron chi connectivity index (χ4n) is 3.09. The molecule has 8 nitrogen and oxygen atoms in total. The van der Waals surface area contributed by atoms with Crippen LogP contribution in [0.25, 0.3) is 0 Å². The minimum Gasteiger partial charge on any atom is -0.494 e. The fraction of sp³-hybridized carbons (Fsp3) is 0.263. The van der Waals surface area contributed by atoms with Crippen LogP contribution in [0.4, 0.5) is 17.1 Å². The third-order valence-corrected chi connectivity index (χ3v) is 5.48. The van der Waals surface area contributed by atoms with E-state index in [0.717, 1.165) is 10.0 Å². The number of hydrogen-bond donors (Lipinski definition) is 1. The quantitative estimate of drug-likeness (QED) is 0.556. The van der Waals surface area contributed by atoms with E-state index in [0.29, 0.717) is 11.4 Å². The number of nitro groups is 1. The van der Waals surface area contributed by atoms with Gasteiger partial charge in [-0.05, 0) is 36.8 Å². The van der Waals surface area contributed by atoms with E-state index in [2.05, 4.69) is 21.2 Å². The molecule has 2 aromatic rings. The number of aryl methyl sites for hydroxylation is 1. The van der Waals surface area contributed by atoms with E-state index < -0.39 is 10.8 Å². The molecule has 146 valence electrons. The molecule has 0 aliphatic carbocycles. The fourth-order valence-corrected chi connectivity index (χ4v) is 3.33. The summed E-state index contributed by atoms with van der Waals surface area (Å²) in [7, 11) is 1.38. The van der Waals surface area contributed by atoms with Crippen LogP contribution in [0.15, 0.2) is 40.9 Å². The lowest BCUT2D eigenvalue weighted by molar-refractivity contribution is -0.384. The minimum absolute atomic E-state index is 0.0570. The molecule has 0 aromatic heterocycles. The molecular weight excluding hydrogens is 430 g/mol. The van der Waals surface area contributed by atoms with Gasteiger partial charge in [0, 0.05) is 29.2 Å². The van der Waals surface area contributed by atoms with Crippen LogP contribution < -0.4 is 15.0 Å². The molecule has 9 heteroatoms. The van der Waals surface area contributed by atoms with Crippen LogP contribution >= 0.6 is 15.9 Å². The van der Waals surface area contributed by atoms with Crippen molar-refractivity contribution < 1.29 is 19.2 Å². The smallest absolute Gasteiger partial charge is 0.273 e. The number of benzene rings is 2. The molecule has 0 radical (unpaired) electrons. The Hall–Kier alpha value is -2.94. The average molecular weight is 448 g/mol. The molecule has 0 saturated carbocycles. The monoisotopic (exact) mass is 447 g/mol. The van der Waals surface area contributed by atoms with Gasteiger partial charge in [-0.3, -0.25) is 19.7 Å². The van der Waals surface area contributed by atoms with Crippen LogP contribution in [0.5, 0.6) is 5.75 Å². The summed E-state index contributed by atoms with van der Waals surface area (Å²) in [6.07, 6.45) is 0.0570. The standard InChI is InChI=1S/C19H18BrN3O5/c1-11-7-13(3-5-15(11)20)21-19(25)12-8-18(24)22(10-12)16-6-4-14(23(26)27)9-17(16)28-2/h3-7,9,12H,8,10H2,1-2H3,(H,21,25)/t12-/m0/s1. The number of amides is 2. The Morgan fingerprint density at radius 3 is 2.71 bits per heavy atom. The van der Waals surface area contributed by atoms with E-state index >= 15 is 0 Å². The molecule has 0 spiro atoms. The van der Waals surface area contributed by atoms with E-state index in [4.69, 9.17) is 4.74 Å². The van der Waals surface area contributed by atoms with Gasteiger partial charge < -0.3 is 15.0 Å². The van der Waals surface area contributed by atoms with Gasteiger partial charge in [0.2, 0.25) is 11.8 Å². The van der Waals surface area contributed by atoms with E-state index in [-0.39, 0.29) is 36.2 Å². The van der Waals surface area contributed by atoms with Crippen molar-refractivity contribution in [3.05, 3.63) is 56.5 Å². The molecule has 1 N–H and O–H groups in total. The van der Waals surface area contributed by atoms with Crippen molar-refractivity contribution in [1.82, 2.24) is 0 Å². The molecule has 3 rings (SSSR count). The first-order valence-corrected chi connectivity index (χ1v) is 9.29. The van der Waals surface area contributed by atoms with Crippen LogP contribution in [-0.2, 0) is 9.59 Å². The summed E-state index contributed by atoms with van der Waals surface area (Å²) in [5.74, 6) is -0.804. The first-order chi connectivity index (χ1) is 13.3. The van der Waals surface area contributed by atoms with E-state index in [9.17, 15) is 19.7 Å². The predicted molar refractivity (Wildman–Crippen MR) is 108 cm³/mol. The third kappa shape index (κ3) is 3.99. The van der Waals surface area contributed by atoms with E-state index in [1.807, 2.05) is 19.1 Å². The number of carbonyl (C=O) groups excluding carboxylic acids is 2. The minimum atomic E-state index is -0.533. The predicted octanol–water partition coefficient (Wildman–Crippen LogP) is 3.67. The number of ether oxygens (including phenoxy) is 1. The molecule has 0 unspecified atom stereocenters. The molecule has 1 fully saturated rings. The SMILES string of the molecule is COc1cc([N+](=O)[O-])ccc1N1C[C@@H](C(=O)Nc2ccc(Br)c(C)c2)CC1=O. The van der Waals surface area contributed by atoms with Gasteiger partial charge >= 0.3 is 0 Å². The molecular formula is C19H18BrN3O5. The van der Waals surface area contributed by atoms with Gasteiger partial charge in [0.05, 0.1) is 29.7 Å². The number of carbonyl (C=O) groups is 2. The Bertz CT molecular complexity index is 963. The first kappa shape index (κ1) is 19.8.